The molecule has 2 aromatic rings. The van der Waals surface area contributed by atoms with Gasteiger partial charge in [0.05, 0.1) is 22.6 Å². The van der Waals surface area contributed by atoms with Crippen molar-refractivity contribution in [1.82, 2.24) is 25.3 Å². The van der Waals surface area contributed by atoms with Crippen molar-refractivity contribution >= 4 is 5.91 Å². The number of nitrogens with one attached hydrogen (secondary N) is 1. The molecule has 24 heavy (non-hydrogen) atoms. The van der Waals surface area contributed by atoms with Crippen LogP contribution in [0, 0.1) is 12.8 Å². The maximum Gasteiger partial charge on any atom is 0.253 e. The van der Waals surface area contributed by atoms with Gasteiger partial charge in [-0.1, -0.05) is 6.92 Å². The van der Waals surface area contributed by atoms with Gasteiger partial charge in [0.25, 0.3) is 5.91 Å². The number of rotatable bonds is 5. The Bertz CT molecular complexity index is 728. The van der Waals surface area contributed by atoms with E-state index in [9.17, 15) is 4.79 Å². The number of hydrogen-bond donors (Lipinski definition) is 1. The summed E-state index contributed by atoms with van der Waals surface area (Å²) < 4.78 is 7.69. The number of amides is 1. The lowest BCUT2D eigenvalue weighted by molar-refractivity contribution is 0.0800. The summed E-state index contributed by atoms with van der Waals surface area (Å²) in [6.45, 7) is 5.08. The molecule has 0 radical (unpaired) electrons. The van der Waals surface area contributed by atoms with E-state index in [4.69, 9.17) is 4.74 Å². The molecule has 1 fully saturated rings. The Hall–Kier alpha value is -2.28. The van der Waals surface area contributed by atoms with Gasteiger partial charge in [-0.3, -0.25) is 9.48 Å². The molecule has 0 aliphatic carbocycles. The lowest BCUT2D eigenvalue weighted by Crippen LogP contribution is -2.32. The van der Waals surface area contributed by atoms with Crippen molar-refractivity contribution in [3.8, 4) is 0 Å². The Morgan fingerprint density at radius 1 is 1.46 bits per heavy atom. The molecule has 1 N–H and O–H groups in total. The molecule has 1 aliphatic rings. The second kappa shape index (κ2) is 7.09. The number of carbonyl (C=O) groups excluding carboxylic acids is 1. The molecule has 1 aliphatic heterocycles. The predicted molar refractivity (Wildman–Crippen MR) is 88.5 cm³/mol. The van der Waals surface area contributed by atoms with E-state index in [-0.39, 0.29) is 17.9 Å². The summed E-state index contributed by atoms with van der Waals surface area (Å²) >= 11 is 0. The van der Waals surface area contributed by atoms with Crippen molar-refractivity contribution in [2.75, 3.05) is 13.2 Å². The summed E-state index contributed by atoms with van der Waals surface area (Å²) in [7, 11) is 1.91. The van der Waals surface area contributed by atoms with E-state index in [1.165, 1.54) is 0 Å². The van der Waals surface area contributed by atoms with E-state index in [0.29, 0.717) is 25.1 Å². The average Bonchev–Trinajstić information content (AvgIpc) is 3.20. The third kappa shape index (κ3) is 3.31. The van der Waals surface area contributed by atoms with Gasteiger partial charge in [-0.25, -0.2) is 0 Å². The van der Waals surface area contributed by atoms with Crippen molar-refractivity contribution in [3.63, 3.8) is 0 Å². The molecule has 1 amide bonds. The van der Waals surface area contributed by atoms with Crippen LogP contribution in [0.5, 0.6) is 0 Å². The lowest BCUT2D eigenvalue weighted by Gasteiger charge is -2.19. The second-order valence-electron chi connectivity index (χ2n) is 6.13. The number of aromatic nitrogens is 4. The highest BCUT2D eigenvalue weighted by atomic mass is 16.5. The monoisotopic (exact) mass is 329 g/mol. The SMILES string of the molecule is CCc1nnc(C)cc1C(=O)NC[C@@H]1CCO[C@H]1c1ccnn1C. The molecule has 0 bridgehead atoms. The van der Waals surface area contributed by atoms with Crippen LogP contribution in [0.3, 0.4) is 0 Å². The molecule has 0 aromatic carbocycles. The third-order valence-electron chi connectivity index (χ3n) is 4.46. The lowest BCUT2D eigenvalue weighted by atomic mass is 9.98. The Balaban J connectivity index is 1.68. The minimum atomic E-state index is -0.0968. The fourth-order valence-electron chi connectivity index (χ4n) is 3.12. The maximum atomic E-state index is 12.6. The third-order valence-corrected chi connectivity index (χ3v) is 4.46. The number of carbonyl (C=O) groups is 1. The Morgan fingerprint density at radius 3 is 3.00 bits per heavy atom. The van der Waals surface area contributed by atoms with Gasteiger partial charge in [0, 0.05) is 32.3 Å². The second-order valence-corrected chi connectivity index (χ2v) is 6.13. The van der Waals surface area contributed by atoms with Crippen molar-refractivity contribution in [1.29, 1.82) is 0 Å². The van der Waals surface area contributed by atoms with E-state index >= 15 is 0 Å². The molecule has 0 unspecified atom stereocenters. The quantitative estimate of drug-likeness (QED) is 0.901. The van der Waals surface area contributed by atoms with Gasteiger partial charge in [0.1, 0.15) is 6.10 Å². The summed E-state index contributed by atoms with van der Waals surface area (Å²) in [5.41, 5.74) is 3.13. The van der Waals surface area contributed by atoms with Gasteiger partial charge in [-0.15, -0.1) is 0 Å². The average molecular weight is 329 g/mol. The van der Waals surface area contributed by atoms with E-state index < -0.39 is 0 Å². The fourth-order valence-corrected chi connectivity index (χ4v) is 3.12. The van der Waals surface area contributed by atoms with Crippen molar-refractivity contribution in [2.45, 2.75) is 32.8 Å². The topological polar surface area (TPSA) is 81.9 Å². The highest BCUT2D eigenvalue weighted by Gasteiger charge is 2.32. The summed E-state index contributed by atoms with van der Waals surface area (Å²) in [5.74, 6) is 0.144. The summed E-state index contributed by atoms with van der Waals surface area (Å²) in [5, 5.41) is 15.4. The summed E-state index contributed by atoms with van der Waals surface area (Å²) in [6.07, 6.45) is 3.34. The Kier molecular flexibility index (Phi) is 4.89. The van der Waals surface area contributed by atoms with Crippen LogP contribution < -0.4 is 5.32 Å². The molecule has 0 spiro atoms. The number of nitrogens with zero attached hydrogens (tertiary/aromatic N) is 4. The molecule has 1 saturated heterocycles. The van der Waals surface area contributed by atoms with Crippen molar-refractivity contribution in [3.05, 3.63) is 41.0 Å². The first-order valence-electron chi connectivity index (χ1n) is 8.31. The molecule has 7 nitrogen and oxygen atoms in total. The van der Waals surface area contributed by atoms with Crippen molar-refractivity contribution < 1.29 is 9.53 Å². The zero-order valence-electron chi connectivity index (χ0n) is 14.3. The van der Waals surface area contributed by atoms with Gasteiger partial charge >= 0.3 is 0 Å². The molecule has 0 saturated carbocycles. The smallest absolute Gasteiger partial charge is 0.253 e. The fraction of sp³-hybridized carbons (Fsp3) is 0.529. The zero-order valence-corrected chi connectivity index (χ0v) is 14.3. The molecular weight excluding hydrogens is 306 g/mol. The molecule has 2 atom stereocenters. The minimum Gasteiger partial charge on any atom is -0.372 e. The molecule has 3 heterocycles. The first-order chi connectivity index (χ1) is 11.6. The van der Waals surface area contributed by atoms with Crippen LogP contribution in [0.1, 0.15) is 46.9 Å². The van der Waals surface area contributed by atoms with Gasteiger partial charge in [-0.2, -0.15) is 15.3 Å². The maximum absolute atomic E-state index is 12.6. The van der Waals surface area contributed by atoms with Crippen LogP contribution in [0.2, 0.25) is 0 Å². The van der Waals surface area contributed by atoms with Gasteiger partial charge in [-0.05, 0) is 31.9 Å². The minimum absolute atomic E-state index is 0.0271. The highest BCUT2D eigenvalue weighted by Crippen LogP contribution is 2.33. The van der Waals surface area contributed by atoms with Crippen LogP contribution in [0.4, 0.5) is 0 Å². The van der Waals surface area contributed by atoms with Crippen LogP contribution in [0.25, 0.3) is 0 Å². The van der Waals surface area contributed by atoms with Gasteiger partial charge in [0.15, 0.2) is 0 Å². The molecule has 128 valence electrons. The highest BCUT2D eigenvalue weighted by molar-refractivity contribution is 5.95. The van der Waals surface area contributed by atoms with Crippen LogP contribution in [-0.4, -0.2) is 39.0 Å². The number of aryl methyl sites for hydroxylation is 3. The summed E-state index contributed by atoms with van der Waals surface area (Å²) in [6, 6.07) is 3.76. The van der Waals surface area contributed by atoms with Crippen LogP contribution in [-0.2, 0) is 18.2 Å². The van der Waals surface area contributed by atoms with E-state index in [1.807, 2.05) is 31.6 Å². The Morgan fingerprint density at radius 2 is 2.29 bits per heavy atom. The molecule has 2 aromatic heterocycles. The standard InChI is InChI=1S/C17H23N5O2/c1-4-14-13(9-11(2)20-21-14)17(23)18-10-12-6-8-24-16(12)15-5-7-19-22(15)3/h5,7,9,12,16H,4,6,8,10H2,1-3H3,(H,18,23)/t12-,16+/m0/s1. The van der Waals surface area contributed by atoms with Gasteiger partial charge in [0.2, 0.25) is 0 Å². The Labute approximate surface area is 141 Å². The first kappa shape index (κ1) is 16.6. The zero-order chi connectivity index (χ0) is 17.1. The van der Waals surface area contributed by atoms with Crippen molar-refractivity contribution in [2.24, 2.45) is 13.0 Å². The normalized spacial score (nSPS) is 20.3. The molecule has 7 heteroatoms. The van der Waals surface area contributed by atoms with E-state index in [1.54, 1.807) is 12.3 Å². The molecular formula is C17H23N5O2. The van der Waals surface area contributed by atoms with Crippen LogP contribution >= 0.6 is 0 Å². The van der Waals surface area contributed by atoms with Gasteiger partial charge < -0.3 is 10.1 Å². The number of hydrogen-bond acceptors (Lipinski definition) is 5. The summed E-state index contributed by atoms with van der Waals surface area (Å²) in [4.78, 5) is 12.6. The predicted octanol–water partition coefficient (Wildman–Crippen LogP) is 1.59. The molecule has 3 rings (SSSR count). The number of ether oxygens (including phenoxy) is 1. The van der Waals surface area contributed by atoms with E-state index in [2.05, 4.69) is 20.6 Å². The first-order valence-corrected chi connectivity index (χ1v) is 8.31. The largest absolute Gasteiger partial charge is 0.372 e. The van der Waals surface area contributed by atoms with E-state index in [0.717, 1.165) is 23.5 Å². The van der Waals surface area contributed by atoms with Crippen LogP contribution in [0.15, 0.2) is 18.3 Å².